The molecule has 0 aromatic heterocycles. The fourth-order valence-corrected chi connectivity index (χ4v) is 1.91. The van der Waals surface area contributed by atoms with Gasteiger partial charge in [0.15, 0.2) is 0 Å². The molecule has 6 heteroatoms. The maximum absolute atomic E-state index is 12.5. The number of hydrogen-bond donors (Lipinski definition) is 2. The molecule has 0 unspecified atom stereocenters. The summed E-state index contributed by atoms with van der Waals surface area (Å²) in [5.41, 5.74) is -1.18. The normalized spacial score (nSPS) is 27.8. The summed E-state index contributed by atoms with van der Waals surface area (Å²) in [6.45, 7) is 2.90. The lowest BCUT2D eigenvalue weighted by Crippen LogP contribution is -2.57. The maximum atomic E-state index is 12.5. The summed E-state index contributed by atoms with van der Waals surface area (Å²) < 4.78 is 37.5. The summed E-state index contributed by atoms with van der Waals surface area (Å²) in [6.07, 6.45) is -3.41. The van der Waals surface area contributed by atoms with Gasteiger partial charge >= 0.3 is 12.1 Å². The van der Waals surface area contributed by atoms with Gasteiger partial charge < -0.3 is 10.4 Å². The predicted molar refractivity (Wildman–Crippen MR) is 52.0 cm³/mol. The van der Waals surface area contributed by atoms with Crippen molar-refractivity contribution in [3.05, 3.63) is 0 Å². The molecule has 0 spiro atoms. The largest absolute Gasteiger partial charge is 0.481 e. The van der Waals surface area contributed by atoms with Gasteiger partial charge in [-0.3, -0.25) is 4.79 Å². The Balaban J connectivity index is 2.75. The van der Waals surface area contributed by atoms with Gasteiger partial charge in [-0.1, -0.05) is 0 Å². The minimum Gasteiger partial charge on any atom is -0.481 e. The topological polar surface area (TPSA) is 49.3 Å². The van der Waals surface area contributed by atoms with E-state index in [0.29, 0.717) is 12.8 Å². The summed E-state index contributed by atoms with van der Waals surface area (Å²) in [5, 5.41) is 11.4. The van der Waals surface area contributed by atoms with E-state index in [1.807, 2.05) is 0 Å². The highest BCUT2D eigenvalue weighted by atomic mass is 19.4. The lowest BCUT2D eigenvalue weighted by Gasteiger charge is -2.39. The minimum absolute atomic E-state index is 0.0235. The van der Waals surface area contributed by atoms with Crippen molar-refractivity contribution in [2.45, 2.75) is 51.4 Å². The summed E-state index contributed by atoms with van der Waals surface area (Å²) in [5.74, 6) is -1.08. The Labute approximate surface area is 92.0 Å². The van der Waals surface area contributed by atoms with Crippen molar-refractivity contribution in [3.8, 4) is 0 Å². The first-order valence-corrected chi connectivity index (χ1v) is 5.22. The molecular formula is C10H16F3NO2. The SMILES string of the molecule is CC(C)(C(=O)O)[C@@H]1CCC[C@H](C(F)(F)F)N1. The zero-order valence-electron chi connectivity index (χ0n) is 9.27. The number of carboxylic acid groups (broad SMARTS) is 1. The van der Waals surface area contributed by atoms with Crippen molar-refractivity contribution in [2.24, 2.45) is 5.41 Å². The van der Waals surface area contributed by atoms with E-state index < -0.39 is 29.6 Å². The molecule has 1 aliphatic heterocycles. The van der Waals surface area contributed by atoms with E-state index in [0.717, 1.165) is 0 Å². The van der Waals surface area contributed by atoms with Gasteiger partial charge in [0.05, 0.1) is 5.41 Å². The molecule has 1 rings (SSSR count). The molecule has 0 aromatic rings. The molecule has 0 aliphatic carbocycles. The first kappa shape index (κ1) is 13.3. The Hall–Kier alpha value is -0.780. The first-order chi connectivity index (χ1) is 7.15. The van der Waals surface area contributed by atoms with Gasteiger partial charge in [0.2, 0.25) is 0 Å². The molecule has 0 amide bonds. The van der Waals surface area contributed by atoms with Crippen LogP contribution in [0.15, 0.2) is 0 Å². The molecule has 2 atom stereocenters. The van der Waals surface area contributed by atoms with Gasteiger partial charge in [0.1, 0.15) is 6.04 Å². The zero-order chi connectivity index (χ0) is 12.6. The Bertz CT molecular complexity index is 276. The van der Waals surface area contributed by atoms with Gasteiger partial charge in [-0.25, -0.2) is 0 Å². The van der Waals surface area contributed by atoms with E-state index in [9.17, 15) is 18.0 Å². The Morgan fingerprint density at radius 3 is 2.19 bits per heavy atom. The second-order valence-electron chi connectivity index (χ2n) is 4.77. The predicted octanol–water partition coefficient (Wildman–Crippen LogP) is 2.17. The molecule has 0 radical (unpaired) electrons. The molecule has 0 saturated carbocycles. The number of alkyl halides is 3. The molecule has 3 nitrogen and oxygen atoms in total. The molecule has 1 fully saturated rings. The van der Waals surface area contributed by atoms with Crippen molar-refractivity contribution in [1.82, 2.24) is 5.32 Å². The molecule has 1 aliphatic rings. The second kappa shape index (κ2) is 4.24. The Morgan fingerprint density at radius 2 is 1.75 bits per heavy atom. The number of aliphatic carboxylic acids is 1. The van der Waals surface area contributed by atoms with E-state index in [1.54, 1.807) is 0 Å². The maximum Gasteiger partial charge on any atom is 0.403 e. The fourth-order valence-electron chi connectivity index (χ4n) is 1.91. The fraction of sp³-hybridized carbons (Fsp3) is 0.900. The van der Waals surface area contributed by atoms with Crippen LogP contribution in [0.25, 0.3) is 0 Å². The van der Waals surface area contributed by atoms with E-state index in [-0.39, 0.29) is 6.42 Å². The number of hydrogen-bond acceptors (Lipinski definition) is 2. The molecule has 1 heterocycles. The first-order valence-electron chi connectivity index (χ1n) is 5.22. The third-order valence-corrected chi connectivity index (χ3v) is 3.21. The van der Waals surface area contributed by atoms with Crippen LogP contribution < -0.4 is 5.32 Å². The van der Waals surface area contributed by atoms with Crippen LogP contribution in [-0.2, 0) is 4.79 Å². The van der Waals surface area contributed by atoms with Crippen LogP contribution in [0.3, 0.4) is 0 Å². The van der Waals surface area contributed by atoms with Crippen molar-refractivity contribution in [3.63, 3.8) is 0 Å². The summed E-state index contributed by atoms with van der Waals surface area (Å²) in [4.78, 5) is 11.0. The van der Waals surface area contributed by atoms with E-state index in [1.165, 1.54) is 13.8 Å². The van der Waals surface area contributed by atoms with Crippen LogP contribution in [0.5, 0.6) is 0 Å². The monoisotopic (exact) mass is 239 g/mol. The van der Waals surface area contributed by atoms with Crippen LogP contribution >= 0.6 is 0 Å². The van der Waals surface area contributed by atoms with Crippen molar-refractivity contribution < 1.29 is 23.1 Å². The number of rotatable bonds is 2. The van der Waals surface area contributed by atoms with Gasteiger partial charge in [-0.05, 0) is 33.1 Å². The molecule has 0 bridgehead atoms. The van der Waals surface area contributed by atoms with Gasteiger partial charge in [-0.15, -0.1) is 0 Å². The quantitative estimate of drug-likeness (QED) is 0.776. The number of piperidine rings is 1. The van der Waals surface area contributed by atoms with Gasteiger partial charge in [-0.2, -0.15) is 13.2 Å². The number of carbonyl (C=O) groups is 1. The average molecular weight is 239 g/mol. The summed E-state index contributed by atoms with van der Waals surface area (Å²) in [6, 6.07) is -2.21. The Morgan fingerprint density at radius 1 is 1.25 bits per heavy atom. The summed E-state index contributed by atoms with van der Waals surface area (Å²) >= 11 is 0. The van der Waals surface area contributed by atoms with Crippen LogP contribution in [0.1, 0.15) is 33.1 Å². The third-order valence-electron chi connectivity index (χ3n) is 3.21. The lowest BCUT2D eigenvalue weighted by atomic mass is 9.79. The van der Waals surface area contributed by atoms with Crippen LogP contribution in [-0.4, -0.2) is 29.3 Å². The molecular weight excluding hydrogens is 223 g/mol. The van der Waals surface area contributed by atoms with Crippen molar-refractivity contribution >= 4 is 5.97 Å². The van der Waals surface area contributed by atoms with Gasteiger partial charge in [0.25, 0.3) is 0 Å². The van der Waals surface area contributed by atoms with Crippen LogP contribution in [0, 0.1) is 5.41 Å². The Kier molecular flexibility index (Phi) is 3.52. The smallest absolute Gasteiger partial charge is 0.403 e. The van der Waals surface area contributed by atoms with E-state index >= 15 is 0 Å². The standard InChI is InChI=1S/C10H16F3NO2/c1-9(2,8(15)16)6-4-3-5-7(14-6)10(11,12)13/h6-7,14H,3-5H2,1-2H3,(H,15,16)/t6-,7+/m0/s1. The minimum atomic E-state index is -4.30. The molecule has 16 heavy (non-hydrogen) atoms. The van der Waals surface area contributed by atoms with Crippen LogP contribution in [0.4, 0.5) is 13.2 Å². The van der Waals surface area contributed by atoms with Crippen LogP contribution in [0.2, 0.25) is 0 Å². The number of nitrogens with one attached hydrogen (secondary N) is 1. The second-order valence-corrected chi connectivity index (χ2v) is 4.77. The molecule has 2 N–H and O–H groups in total. The van der Waals surface area contributed by atoms with Gasteiger partial charge in [0, 0.05) is 6.04 Å². The van der Waals surface area contributed by atoms with Crippen molar-refractivity contribution in [2.75, 3.05) is 0 Å². The highest BCUT2D eigenvalue weighted by Gasteiger charge is 2.47. The van der Waals surface area contributed by atoms with E-state index in [4.69, 9.17) is 5.11 Å². The molecule has 94 valence electrons. The molecule has 0 aromatic carbocycles. The lowest BCUT2D eigenvalue weighted by molar-refractivity contribution is -0.170. The highest BCUT2D eigenvalue weighted by molar-refractivity contribution is 5.74. The number of halogens is 3. The third kappa shape index (κ3) is 2.66. The van der Waals surface area contributed by atoms with Crippen molar-refractivity contribution in [1.29, 1.82) is 0 Å². The number of carboxylic acids is 1. The zero-order valence-corrected chi connectivity index (χ0v) is 9.27. The molecule has 1 saturated heterocycles. The summed E-state index contributed by atoms with van der Waals surface area (Å²) in [7, 11) is 0. The van der Waals surface area contributed by atoms with E-state index in [2.05, 4.69) is 5.32 Å². The highest BCUT2D eigenvalue weighted by Crippen LogP contribution is 2.33. The average Bonchev–Trinajstić information content (AvgIpc) is 2.16.